The van der Waals surface area contributed by atoms with E-state index in [-0.39, 0.29) is 49.1 Å². The van der Waals surface area contributed by atoms with Crippen molar-refractivity contribution in [1.29, 1.82) is 0 Å². The summed E-state index contributed by atoms with van der Waals surface area (Å²) in [5, 5.41) is 13.6. The minimum Gasteiger partial charge on any atom is -0.497 e. The second kappa shape index (κ2) is 13.0. The van der Waals surface area contributed by atoms with E-state index in [9.17, 15) is 18.3 Å². The fraction of sp³-hybridized carbons (Fsp3) is 0.552. The molecular weight excluding hydrogens is 534 g/mol. The number of carbonyl (C=O) groups is 1. The molecule has 0 unspecified atom stereocenters. The highest BCUT2D eigenvalue weighted by Gasteiger charge is 2.43. The summed E-state index contributed by atoms with van der Waals surface area (Å²) in [4.78, 5) is 15.4. The van der Waals surface area contributed by atoms with Gasteiger partial charge < -0.3 is 24.6 Å². The van der Waals surface area contributed by atoms with E-state index < -0.39 is 28.3 Å². The Labute approximate surface area is 236 Å². The number of fused-ring (bicyclic) bond motifs is 1. The second-order valence-electron chi connectivity index (χ2n) is 10.9. The van der Waals surface area contributed by atoms with E-state index in [0.29, 0.717) is 18.6 Å². The Morgan fingerprint density at radius 2 is 1.82 bits per heavy atom. The number of aliphatic hydroxyl groups excluding tert-OH is 1. The van der Waals surface area contributed by atoms with Crippen molar-refractivity contribution in [3.8, 4) is 5.75 Å². The fourth-order valence-corrected chi connectivity index (χ4v) is 7.60. The molecule has 2 aromatic rings. The van der Waals surface area contributed by atoms with E-state index >= 15 is 0 Å². The third kappa shape index (κ3) is 7.02. The van der Waals surface area contributed by atoms with Crippen LogP contribution in [0.5, 0.6) is 5.75 Å². The standard InChI is InChI=1S/C29H39N3O7S/c1-37-24-7-10-26(11-8-24)40(35,36)32-18-23(33)19-38-20-28-27(32)12-9-25(39-28)15-29(34)30-22-13-14-31(17-22)16-21-5-3-2-4-6-21/h2-8,10-11,22-23,25,27-28,33H,9,12-20H2,1H3,(H,30,34)/t22-,23-,25+,27+,28-/m0/s1. The van der Waals surface area contributed by atoms with Crippen molar-refractivity contribution >= 4 is 15.9 Å². The lowest BCUT2D eigenvalue weighted by atomic mass is 9.96. The van der Waals surface area contributed by atoms with Gasteiger partial charge in [-0.05, 0) is 49.1 Å². The lowest BCUT2D eigenvalue weighted by Gasteiger charge is -2.43. The Hall–Kier alpha value is -2.54. The van der Waals surface area contributed by atoms with Crippen molar-refractivity contribution in [2.75, 3.05) is 40.0 Å². The Morgan fingerprint density at radius 3 is 2.58 bits per heavy atom. The van der Waals surface area contributed by atoms with Gasteiger partial charge in [0, 0.05) is 32.2 Å². The van der Waals surface area contributed by atoms with E-state index in [4.69, 9.17) is 14.2 Å². The van der Waals surface area contributed by atoms with Crippen LogP contribution in [0, 0.1) is 0 Å². The third-order valence-corrected chi connectivity index (χ3v) is 9.80. The number of hydrogen-bond donors (Lipinski definition) is 2. The van der Waals surface area contributed by atoms with Crippen molar-refractivity contribution in [3.63, 3.8) is 0 Å². The van der Waals surface area contributed by atoms with E-state index in [0.717, 1.165) is 26.1 Å². The number of aliphatic hydroxyl groups is 1. The number of sulfonamides is 1. The minimum absolute atomic E-state index is 0.00747. The van der Waals surface area contributed by atoms with Gasteiger partial charge in [-0.3, -0.25) is 9.69 Å². The van der Waals surface area contributed by atoms with Crippen LogP contribution in [0.4, 0.5) is 0 Å². The van der Waals surface area contributed by atoms with E-state index in [1.165, 1.54) is 29.1 Å². The number of carbonyl (C=O) groups excluding carboxylic acids is 1. The third-order valence-electron chi connectivity index (χ3n) is 7.90. The molecule has 2 aromatic carbocycles. The van der Waals surface area contributed by atoms with Crippen LogP contribution in [0.1, 0.15) is 31.2 Å². The zero-order valence-corrected chi connectivity index (χ0v) is 23.7. The Bertz CT molecular complexity index is 1230. The number of hydrogen-bond acceptors (Lipinski definition) is 8. The van der Waals surface area contributed by atoms with Crippen molar-refractivity contribution in [3.05, 3.63) is 60.2 Å². The summed E-state index contributed by atoms with van der Waals surface area (Å²) >= 11 is 0. The fourth-order valence-electron chi connectivity index (χ4n) is 5.88. The summed E-state index contributed by atoms with van der Waals surface area (Å²) in [6, 6.07) is 16.1. The molecule has 11 heteroatoms. The average Bonchev–Trinajstić information content (AvgIpc) is 3.37. The second-order valence-corrected chi connectivity index (χ2v) is 12.8. The molecule has 1 amide bonds. The van der Waals surface area contributed by atoms with E-state index in [1.807, 2.05) is 18.2 Å². The maximum absolute atomic E-state index is 13.7. The van der Waals surface area contributed by atoms with Gasteiger partial charge in [-0.25, -0.2) is 8.42 Å². The number of ether oxygens (including phenoxy) is 3. The van der Waals surface area contributed by atoms with Gasteiger partial charge in [-0.15, -0.1) is 0 Å². The first kappa shape index (κ1) is 29.0. The van der Waals surface area contributed by atoms with Crippen molar-refractivity contribution in [1.82, 2.24) is 14.5 Å². The maximum Gasteiger partial charge on any atom is 0.243 e. The Kier molecular flexibility index (Phi) is 9.39. The molecular formula is C29H39N3O7S. The van der Waals surface area contributed by atoms with Crippen molar-refractivity contribution < 1.29 is 32.5 Å². The number of likely N-dealkylation sites (tertiary alicyclic amines) is 1. The van der Waals surface area contributed by atoms with Crippen LogP contribution in [0.2, 0.25) is 0 Å². The number of nitrogens with zero attached hydrogens (tertiary/aromatic N) is 2. The van der Waals surface area contributed by atoms with Gasteiger partial charge in [-0.1, -0.05) is 30.3 Å². The van der Waals surface area contributed by atoms with Crippen LogP contribution < -0.4 is 10.1 Å². The molecule has 0 bridgehead atoms. The van der Waals surface area contributed by atoms with Crippen LogP contribution in [0.3, 0.4) is 0 Å². The summed E-state index contributed by atoms with van der Waals surface area (Å²) < 4.78 is 45.8. The molecule has 5 rings (SSSR count). The molecule has 3 heterocycles. The Morgan fingerprint density at radius 1 is 1.05 bits per heavy atom. The molecule has 10 nitrogen and oxygen atoms in total. The highest BCUT2D eigenvalue weighted by Crippen LogP contribution is 2.32. The number of amides is 1. The monoisotopic (exact) mass is 573 g/mol. The number of nitrogens with one attached hydrogen (secondary N) is 1. The molecule has 0 aromatic heterocycles. The topological polar surface area (TPSA) is 118 Å². The average molecular weight is 574 g/mol. The number of rotatable bonds is 8. The molecule has 2 N–H and O–H groups in total. The number of methoxy groups -OCH3 is 1. The van der Waals surface area contributed by atoms with Crippen LogP contribution in [-0.2, 0) is 30.8 Å². The van der Waals surface area contributed by atoms with E-state index in [2.05, 4.69) is 22.3 Å². The van der Waals surface area contributed by atoms with Crippen LogP contribution in [0.15, 0.2) is 59.5 Å². The quantitative estimate of drug-likeness (QED) is 0.491. The Balaban J connectivity index is 1.18. The number of benzene rings is 2. The summed E-state index contributed by atoms with van der Waals surface area (Å²) in [6.07, 6.45) is 0.328. The predicted octanol–water partition coefficient (Wildman–Crippen LogP) is 1.77. The lowest BCUT2D eigenvalue weighted by Crippen LogP contribution is -2.57. The van der Waals surface area contributed by atoms with Crippen LogP contribution in [0.25, 0.3) is 0 Å². The summed E-state index contributed by atoms with van der Waals surface area (Å²) in [5.41, 5.74) is 1.26. The molecule has 0 aliphatic carbocycles. The van der Waals surface area contributed by atoms with Gasteiger partial charge in [0.2, 0.25) is 15.9 Å². The zero-order valence-electron chi connectivity index (χ0n) is 22.9. The first-order chi connectivity index (χ1) is 19.3. The molecule has 3 aliphatic heterocycles. The van der Waals surface area contributed by atoms with Gasteiger partial charge in [0.1, 0.15) is 5.75 Å². The SMILES string of the molecule is COc1ccc(S(=O)(=O)N2C[C@H](O)COC[C@@H]3O[C@@H](CC(=O)N[C@H]4CCN(Cc5ccccc5)C4)CC[C@H]32)cc1. The maximum atomic E-state index is 13.7. The molecule has 3 aliphatic rings. The van der Waals surface area contributed by atoms with Crippen molar-refractivity contribution in [2.24, 2.45) is 0 Å². The molecule has 0 radical (unpaired) electrons. The zero-order chi connectivity index (χ0) is 28.1. The highest BCUT2D eigenvalue weighted by atomic mass is 32.2. The summed E-state index contributed by atoms with van der Waals surface area (Å²) in [5.74, 6) is 0.501. The smallest absolute Gasteiger partial charge is 0.243 e. The van der Waals surface area contributed by atoms with Gasteiger partial charge in [-0.2, -0.15) is 4.31 Å². The molecule has 218 valence electrons. The number of β-amino-alcohol motifs (C(OH)–C–C–N with tert-alkyl or cyclic N) is 1. The molecule has 0 spiro atoms. The van der Waals surface area contributed by atoms with Gasteiger partial charge in [0.15, 0.2) is 0 Å². The van der Waals surface area contributed by atoms with Crippen LogP contribution >= 0.6 is 0 Å². The molecule has 40 heavy (non-hydrogen) atoms. The van der Waals surface area contributed by atoms with Gasteiger partial charge in [0.05, 0.1) is 56.0 Å². The first-order valence-corrected chi connectivity index (χ1v) is 15.4. The van der Waals surface area contributed by atoms with Crippen molar-refractivity contribution in [2.45, 2.75) is 67.5 Å². The van der Waals surface area contributed by atoms with E-state index in [1.54, 1.807) is 12.1 Å². The predicted molar refractivity (Wildman–Crippen MR) is 148 cm³/mol. The summed E-state index contributed by atoms with van der Waals surface area (Å²) in [6.45, 7) is 2.67. The molecule has 3 saturated heterocycles. The molecule has 5 atom stereocenters. The summed E-state index contributed by atoms with van der Waals surface area (Å²) in [7, 11) is -2.39. The first-order valence-electron chi connectivity index (χ1n) is 13.9. The molecule has 3 fully saturated rings. The van der Waals surface area contributed by atoms with Gasteiger partial charge in [0.25, 0.3) is 0 Å². The largest absolute Gasteiger partial charge is 0.497 e. The van der Waals surface area contributed by atoms with Crippen LogP contribution in [-0.4, -0.2) is 99.0 Å². The normalized spacial score (nSPS) is 28.3. The minimum atomic E-state index is -3.92. The highest BCUT2D eigenvalue weighted by molar-refractivity contribution is 7.89. The molecule has 0 saturated carbocycles. The van der Waals surface area contributed by atoms with Gasteiger partial charge >= 0.3 is 0 Å². The lowest BCUT2D eigenvalue weighted by molar-refractivity contribution is -0.146.